The van der Waals surface area contributed by atoms with E-state index in [0.29, 0.717) is 44.8 Å². The molecule has 1 aromatic rings. The number of benzene rings is 1. The van der Waals surface area contributed by atoms with Crippen LogP contribution in [0.25, 0.3) is 0 Å². The van der Waals surface area contributed by atoms with Crippen molar-refractivity contribution < 1.29 is 13.2 Å². The third-order valence-corrected chi connectivity index (χ3v) is 8.57. The molecule has 2 heterocycles. The highest BCUT2D eigenvalue weighted by Gasteiger charge is 2.45. The van der Waals surface area contributed by atoms with Gasteiger partial charge in [0.15, 0.2) is 5.96 Å². The van der Waals surface area contributed by atoms with Gasteiger partial charge in [-0.05, 0) is 50.2 Å². The summed E-state index contributed by atoms with van der Waals surface area (Å²) in [7, 11) is -3.73. The number of nitrogens with zero attached hydrogens (tertiary/aromatic N) is 3. The molecule has 2 N–H and O–H groups in total. The van der Waals surface area contributed by atoms with Crippen molar-refractivity contribution in [1.29, 1.82) is 0 Å². The summed E-state index contributed by atoms with van der Waals surface area (Å²) in [6.45, 7) is 7.07. The second-order valence-electron chi connectivity index (χ2n) is 8.66. The van der Waals surface area contributed by atoms with Crippen LogP contribution < -0.4 is 5.73 Å². The maximum absolute atomic E-state index is 13.0. The topological polar surface area (TPSA) is 96.1 Å². The monoisotopic (exact) mass is 474 g/mol. The Morgan fingerprint density at radius 2 is 1.90 bits per heavy atom. The first-order valence-electron chi connectivity index (χ1n) is 10.1. The van der Waals surface area contributed by atoms with E-state index in [1.807, 2.05) is 6.92 Å². The highest BCUT2D eigenvalue weighted by Crippen LogP contribution is 2.34. The van der Waals surface area contributed by atoms with Crippen LogP contribution in [0.4, 0.5) is 0 Å². The maximum Gasteiger partial charge on any atom is 0.257 e. The fourth-order valence-corrected chi connectivity index (χ4v) is 6.48. The Balaban J connectivity index is 1.65. The van der Waals surface area contributed by atoms with Crippen molar-refractivity contribution in [3.8, 4) is 0 Å². The molecule has 0 radical (unpaired) electrons. The number of sulfonamides is 1. The van der Waals surface area contributed by atoms with E-state index in [1.54, 1.807) is 17.0 Å². The van der Waals surface area contributed by atoms with Gasteiger partial charge in [0.05, 0.1) is 10.0 Å². The number of carbonyl (C=O) groups excluding carboxylic acids is 1. The quantitative estimate of drug-likeness (QED) is 0.683. The minimum Gasteiger partial charge on any atom is -0.369 e. The zero-order valence-electron chi connectivity index (χ0n) is 17.4. The summed E-state index contributed by atoms with van der Waals surface area (Å²) in [5.74, 6) is 0.644. The van der Waals surface area contributed by atoms with E-state index in [0.717, 1.165) is 0 Å². The van der Waals surface area contributed by atoms with Gasteiger partial charge in [0.2, 0.25) is 10.0 Å². The lowest BCUT2D eigenvalue weighted by molar-refractivity contribution is -0.131. The first-order chi connectivity index (χ1) is 14.0. The summed E-state index contributed by atoms with van der Waals surface area (Å²) in [5, 5.41) is 0.247. The number of amides is 1. The van der Waals surface area contributed by atoms with Gasteiger partial charge in [0, 0.05) is 19.6 Å². The molecule has 0 saturated carbocycles. The van der Waals surface area contributed by atoms with Gasteiger partial charge in [0.1, 0.15) is 10.4 Å². The van der Waals surface area contributed by atoms with E-state index in [9.17, 15) is 13.2 Å². The summed E-state index contributed by atoms with van der Waals surface area (Å²) in [6.07, 6.45) is 1.88. The fraction of sp³-hybridized carbons (Fsp3) is 0.600. The van der Waals surface area contributed by atoms with E-state index >= 15 is 0 Å². The maximum atomic E-state index is 13.0. The molecular formula is C20H28Cl2N4O3S. The first-order valence-corrected chi connectivity index (χ1v) is 12.3. The van der Waals surface area contributed by atoms with Crippen LogP contribution in [0.15, 0.2) is 28.1 Å². The number of carbonyl (C=O) groups is 1. The zero-order chi connectivity index (χ0) is 22.3. The van der Waals surface area contributed by atoms with Crippen LogP contribution in [0.5, 0.6) is 0 Å². The molecule has 1 amide bonds. The minimum atomic E-state index is -3.73. The number of hydrogen-bond donors (Lipinski definition) is 1. The van der Waals surface area contributed by atoms with Crippen LogP contribution in [-0.4, -0.2) is 54.7 Å². The fourth-order valence-electron chi connectivity index (χ4n) is 4.27. The lowest BCUT2D eigenvalue weighted by atomic mass is 9.90. The van der Waals surface area contributed by atoms with Gasteiger partial charge >= 0.3 is 0 Å². The standard InChI is InChI=1S/C20H28Cl2N4O3S/c1-13(2)11-20(3)18(27)26(19(23)24-20)12-14-7-9-25(10-8-14)30(28,29)16-6-4-5-15(21)17(16)22/h4-6,13-14H,7-12H2,1-3H3,(H2,23,24). The molecule has 7 nitrogen and oxygen atoms in total. The lowest BCUT2D eigenvalue weighted by Crippen LogP contribution is -2.47. The van der Waals surface area contributed by atoms with E-state index in [-0.39, 0.29) is 32.7 Å². The number of nitrogens with two attached hydrogens (primary N) is 1. The third-order valence-electron chi connectivity index (χ3n) is 5.70. The Morgan fingerprint density at radius 3 is 2.50 bits per heavy atom. The average molecular weight is 475 g/mol. The summed E-state index contributed by atoms with van der Waals surface area (Å²) >= 11 is 12.1. The number of rotatable bonds is 6. The van der Waals surface area contributed by atoms with Gasteiger partial charge in [-0.15, -0.1) is 0 Å². The van der Waals surface area contributed by atoms with Gasteiger partial charge < -0.3 is 5.73 Å². The average Bonchev–Trinajstić information content (AvgIpc) is 2.86. The molecule has 1 saturated heterocycles. The Morgan fingerprint density at radius 1 is 1.27 bits per heavy atom. The van der Waals surface area contributed by atoms with Crippen LogP contribution >= 0.6 is 23.2 Å². The van der Waals surface area contributed by atoms with Crippen LogP contribution in [0, 0.1) is 11.8 Å². The van der Waals surface area contributed by atoms with Crippen molar-refractivity contribution in [2.75, 3.05) is 19.6 Å². The van der Waals surface area contributed by atoms with Crippen molar-refractivity contribution in [3.63, 3.8) is 0 Å². The molecule has 10 heteroatoms. The number of piperidine rings is 1. The predicted molar refractivity (Wildman–Crippen MR) is 119 cm³/mol. The molecular weight excluding hydrogens is 447 g/mol. The van der Waals surface area contributed by atoms with Crippen molar-refractivity contribution in [2.24, 2.45) is 22.6 Å². The molecule has 2 aliphatic rings. The molecule has 2 aliphatic heterocycles. The normalized spacial score (nSPS) is 24.0. The molecule has 0 aliphatic carbocycles. The smallest absolute Gasteiger partial charge is 0.257 e. The van der Waals surface area contributed by atoms with Crippen molar-refractivity contribution in [3.05, 3.63) is 28.2 Å². The molecule has 1 unspecified atom stereocenters. The predicted octanol–water partition coefficient (Wildman–Crippen LogP) is 3.36. The van der Waals surface area contributed by atoms with Crippen LogP contribution in [0.3, 0.4) is 0 Å². The second kappa shape index (κ2) is 8.65. The highest BCUT2D eigenvalue weighted by atomic mass is 35.5. The van der Waals surface area contributed by atoms with Gasteiger partial charge in [-0.25, -0.2) is 13.4 Å². The minimum absolute atomic E-state index is 0.0191. The molecule has 3 rings (SSSR count). The Labute approximate surface area is 188 Å². The first kappa shape index (κ1) is 23.3. The third kappa shape index (κ3) is 4.47. The van der Waals surface area contributed by atoms with Gasteiger partial charge in [0.25, 0.3) is 5.91 Å². The van der Waals surface area contributed by atoms with Crippen LogP contribution in [-0.2, 0) is 14.8 Å². The lowest BCUT2D eigenvalue weighted by Gasteiger charge is -2.33. The number of hydrogen-bond acceptors (Lipinski definition) is 5. The number of halogens is 2. The summed E-state index contributed by atoms with van der Waals surface area (Å²) in [4.78, 5) is 18.9. The molecule has 0 spiro atoms. The van der Waals surface area contributed by atoms with Crippen molar-refractivity contribution >= 4 is 45.1 Å². The number of aliphatic imine (C=N–C) groups is 1. The highest BCUT2D eigenvalue weighted by molar-refractivity contribution is 7.89. The molecule has 1 atom stereocenters. The molecule has 166 valence electrons. The van der Waals surface area contributed by atoms with E-state index in [2.05, 4.69) is 18.8 Å². The second-order valence-corrected chi connectivity index (χ2v) is 11.3. The molecule has 0 aromatic heterocycles. The van der Waals surface area contributed by atoms with E-state index in [4.69, 9.17) is 28.9 Å². The van der Waals surface area contributed by atoms with Crippen LogP contribution in [0.2, 0.25) is 10.0 Å². The summed E-state index contributed by atoms with van der Waals surface area (Å²) < 4.78 is 27.4. The summed E-state index contributed by atoms with van der Waals surface area (Å²) in [5.41, 5.74) is 5.25. The molecule has 0 bridgehead atoms. The molecule has 1 fully saturated rings. The van der Waals surface area contributed by atoms with Gasteiger partial charge in [-0.2, -0.15) is 4.31 Å². The Hall–Kier alpha value is -1.35. The number of guanidine groups is 1. The molecule has 30 heavy (non-hydrogen) atoms. The SMILES string of the molecule is CC(C)CC1(C)N=C(N)N(CC2CCN(S(=O)(=O)c3cccc(Cl)c3Cl)CC2)C1=O. The summed E-state index contributed by atoms with van der Waals surface area (Å²) in [6, 6.07) is 4.59. The molecule has 1 aromatic carbocycles. The zero-order valence-corrected chi connectivity index (χ0v) is 19.8. The van der Waals surface area contributed by atoms with Crippen LogP contribution in [0.1, 0.15) is 40.0 Å². The van der Waals surface area contributed by atoms with E-state index in [1.165, 1.54) is 10.4 Å². The Bertz CT molecular complexity index is 959. The van der Waals surface area contributed by atoms with Crippen molar-refractivity contribution in [1.82, 2.24) is 9.21 Å². The largest absolute Gasteiger partial charge is 0.369 e. The Kier molecular flexibility index (Phi) is 6.72. The van der Waals surface area contributed by atoms with E-state index < -0.39 is 15.6 Å². The van der Waals surface area contributed by atoms with Gasteiger partial charge in [-0.3, -0.25) is 9.69 Å². The van der Waals surface area contributed by atoms with Crippen molar-refractivity contribution in [2.45, 2.75) is 50.5 Å². The van der Waals surface area contributed by atoms with Gasteiger partial charge in [-0.1, -0.05) is 43.1 Å².